The van der Waals surface area contributed by atoms with E-state index in [2.05, 4.69) is 0 Å². The maximum Gasteiger partial charge on any atom is 0.338 e. The maximum absolute atomic E-state index is 12.7. The maximum atomic E-state index is 12.7. The van der Waals surface area contributed by atoms with E-state index in [9.17, 15) is 14.4 Å². The van der Waals surface area contributed by atoms with Gasteiger partial charge in [-0.25, -0.2) is 9.59 Å². The summed E-state index contributed by atoms with van der Waals surface area (Å²) < 4.78 is 27.6. The number of ether oxygens (including phenoxy) is 5. The van der Waals surface area contributed by atoms with Crippen LogP contribution in [0, 0.1) is 0 Å². The summed E-state index contributed by atoms with van der Waals surface area (Å²) in [5, 5.41) is 0. The highest BCUT2D eigenvalue weighted by Gasteiger charge is 2.51. The van der Waals surface area contributed by atoms with Crippen molar-refractivity contribution in [3.05, 3.63) is 71.8 Å². The molecule has 1 aliphatic rings. The molecular weight excluding hydrogens is 418 g/mol. The zero-order valence-electron chi connectivity index (χ0n) is 17.7. The molecule has 0 saturated carbocycles. The minimum Gasteiger partial charge on any atom is -0.459 e. The first-order valence-electron chi connectivity index (χ1n) is 10.1. The van der Waals surface area contributed by atoms with Crippen molar-refractivity contribution < 1.29 is 38.1 Å². The molecule has 9 nitrogen and oxygen atoms in total. The van der Waals surface area contributed by atoms with Gasteiger partial charge in [0.25, 0.3) is 0 Å². The topological polar surface area (TPSA) is 123 Å². The van der Waals surface area contributed by atoms with E-state index in [1.54, 1.807) is 67.6 Å². The van der Waals surface area contributed by atoms with Crippen LogP contribution >= 0.6 is 0 Å². The van der Waals surface area contributed by atoms with Gasteiger partial charge < -0.3 is 29.4 Å². The minimum absolute atomic E-state index is 0.267. The van der Waals surface area contributed by atoms with Gasteiger partial charge in [-0.05, 0) is 31.2 Å². The number of esters is 3. The van der Waals surface area contributed by atoms with Gasteiger partial charge in [-0.3, -0.25) is 4.79 Å². The molecule has 0 aliphatic carbocycles. The number of rotatable bonds is 8. The van der Waals surface area contributed by atoms with Crippen molar-refractivity contribution >= 4 is 17.9 Å². The Labute approximate surface area is 185 Å². The molecule has 0 spiro atoms. The molecule has 1 unspecified atom stereocenters. The van der Waals surface area contributed by atoms with Crippen LogP contribution in [0.4, 0.5) is 0 Å². The molecule has 5 atom stereocenters. The molecule has 1 fully saturated rings. The lowest BCUT2D eigenvalue weighted by atomic mass is 10.1. The van der Waals surface area contributed by atoms with E-state index >= 15 is 0 Å². The molecule has 1 aliphatic heterocycles. The smallest absolute Gasteiger partial charge is 0.338 e. The fourth-order valence-electron chi connectivity index (χ4n) is 3.19. The first-order chi connectivity index (χ1) is 15.3. The van der Waals surface area contributed by atoms with Crippen molar-refractivity contribution in [3.63, 3.8) is 0 Å². The van der Waals surface area contributed by atoms with Gasteiger partial charge in [0.1, 0.15) is 18.9 Å². The Kier molecular flexibility index (Phi) is 7.93. The van der Waals surface area contributed by atoms with E-state index in [4.69, 9.17) is 29.4 Å². The largest absolute Gasteiger partial charge is 0.459 e. The first kappa shape index (κ1) is 23.4. The fourth-order valence-corrected chi connectivity index (χ4v) is 3.19. The van der Waals surface area contributed by atoms with Crippen LogP contribution in [-0.4, -0.2) is 55.3 Å². The summed E-state index contributed by atoms with van der Waals surface area (Å²) in [5.74, 6) is -1.86. The minimum atomic E-state index is -1.12. The number of hydrogen-bond acceptors (Lipinski definition) is 9. The Morgan fingerprint density at radius 3 is 2.00 bits per heavy atom. The molecule has 9 heteroatoms. The molecule has 1 saturated heterocycles. The van der Waals surface area contributed by atoms with Crippen LogP contribution in [-0.2, 0) is 28.5 Å². The van der Waals surface area contributed by atoms with Crippen LogP contribution in [0.1, 0.15) is 34.6 Å². The van der Waals surface area contributed by atoms with E-state index in [1.807, 2.05) is 0 Å². The van der Waals surface area contributed by atoms with Crippen LogP contribution in [0.25, 0.3) is 0 Å². The molecule has 2 aromatic carbocycles. The fraction of sp³-hybridized carbons (Fsp3) is 0.348. The van der Waals surface area contributed by atoms with Gasteiger partial charge in [-0.2, -0.15) is 0 Å². The van der Waals surface area contributed by atoms with Crippen molar-refractivity contribution in [2.24, 2.45) is 5.73 Å². The molecule has 0 bridgehead atoms. The van der Waals surface area contributed by atoms with Crippen molar-refractivity contribution in [2.45, 2.75) is 44.7 Å². The number of carbonyl (C=O) groups excluding carboxylic acids is 3. The Bertz CT molecular complexity index is 918. The molecule has 0 amide bonds. The molecule has 1 heterocycles. The monoisotopic (exact) mass is 443 g/mol. The van der Waals surface area contributed by atoms with Crippen molar-refractivity contribution in [2.75, 3.05) is 6.61 Å². The molecule has 2 aromatic rings. The molecule has 0 aromatic heterocycles. The molecule has 2 N–H and O–H groups in total. The van der Waals surface area contributed by atoms with Crippen LogP contribution in [0.15, 0.2) is 60.7 Å². The summed E-state index contributed by atoms with van der Waals surface area (Å²) in [6.45, 7) is 2.51. The normalized spacial score (nSPS) is 23.2. The first-order valence-corrected chi connectivity index (χ1v) is 10.1. The average Bonchev–Trinajstić information content (AvgIpc) is 3.08. The molecule has 170 valence electrons. The second kappa shape index (κ2) is 10.9. The Morgan fingerprint density at radius 2 is 1.47 bits per heavy atom. The van der Waals surface area contributed by atoms with Gasteiger partial charge in [0.15, 0.2) is 12.2 Å². The summed E-state index contributed by atoms with van der Waals surface area (Å²) in [6.07, 6.45) is -5.03. The van der Waals surface area contributed by atoms with E-state index in [1.165, 1.54) is 6.92 Å². The molecule has 0 radical (unpaired) electrons. The third kappa shape index (κ3) is 6.13. The Hall–Kier alpha value is -3.27. The van der Waals surface area contributed by atoms with Gasteiger partial charge in [-0.15, -0.1) is 0 Å². The van der Waals surface area contributed by atoms with Gasteiger partial charge in [-0.1, -0.05) is 36.4 Å². The highest BCUT2D eigenvalue weighted by atomic mass is 16.7. The third-order valence-electron chi connectivity index (χ3n) is 4.56. The lowest BCUT2D eigenvalue weighted by Gasteiger charge is -2.24. The van der Waals surface area contributed by atoms with Crippen LogP contribution in [0.5, 0.6) is 0 Å². The third-order valence-corrected chi connectivity index (χ3v) is 4.56. The molecule has 32 heavy (non-hydrogen) atoms. The summed E-state index contributed by atoms with van der Waals surface area (Å²) in [6, 6.07) is 16.7. The van der Waals surface area contributed by atoms with Gasteiger partial charge in [0.05, 0.1) is 11.1 Å². The van der Waals surface area contributed by atoms with Gasteiger partial charge >= 0.3 is 17.9 Å². The number of carbonyl (C=O) groups is 3. The van der Waals surface area contributed by atoms with Crippen molar-refractivity contribution in [3.8, 4) is 0 Å². The Balaban J connectivity index is 1.79. The lowest BCUT2D eigenvalue weighted by molar-refractivity contribution is -0.201. The predicted molar refractivity (Wildman–Crippen MR) is 111 cm³/mol. The molecular formula is C23H25NO8. The zero-order chi connectivity index (χ0) is 23.1. The van der Waals surface area contributed by atoms with Crippen LogP contribution < -0.4 is 5.73 Å². The standard InChI is InChI=1S/C23H25NO8/c1-14(24)29-23-20(30-15(2)25)19(32-22(27)17-11-7-4-8-12-17)18(31-23)13-28-21(26)16-9-5-3-6-10-16/h3-12,14,18-20,23H,13,24H2,1-2H3/t14?,18-,19-,20-,23+/m1/s1. The second-order valence-corrected chi connectivity index (χ2v) is 7.16. The molecule has 3 rings (SSSR count). The second-order valence-electron chi connectivity index (χ2n) is 7.16. The summed E-state index contributed by atoms with van der Waals surface area (Å²) >= 11 is 0. The number of benzene rings is 2. The van der Waals surface area contributed by atoms with E-state index < -0.39 is 48.7 Å². The van der Waals surface area contributed by atoms with Gasteiger partial charge in [0, 0.05) is 6.92 Å². The summed E-state index contributed by atoms with van der Waals surface area (Å²) in [7, 11) is 0. The average molecular weight is 443 g/mol. The quantitative estimate of drug-likeness (QED) is 0.371. The van der Waals surface area contributed by atoms with Crippen molar-refractivity contribution in [1.29, 1.82) is 0 Å². The highest BCUT2D eigenvalue weighted by molar-refractivity contribution is 5.90. The van der Waals surface area contributed by atoms with Crippen molar-refractivity contribution in [1.82, 2.24) is 0 Å². The number of hydrogen-bond donors (Lipinski definition) is 1. The predicted octanol–water partition coefficient (Wildman–Crippen LogP) is 2.05. The van der Waals surface area contributed by atoms with E-state index in [0.29, 0.717) is 11.1 Å². The summed E-state index contributed by atoms with van der Waals surface area (Å²) in [4.78, 5) is 36.7. The highest BCUT2D eigenvalue weighted by Crippen LogP contribution is 2.29. The van der Waals surface area contributed by atoms with Crippen LogP contribution in [0.2, 0.25) is 0 Å². The summed E-state index contributed by atoms with van der Waals surface area (Å²) in [5.41, 5.74) is 6.36. The Morgan fingerprint density at radius 1 is 0.906 bits per heavy atom. The zero-order valence-corrected chi connectivity index (χ0v) is 17.7. The number of nitrogens with two attached hydrogens (primary N) is 1. The lowest BCUT2D eigenvalue weighted by Crippen LogP contribution is -2.43. The van der Waals surface area contributed by atoms with E-state index in [0.717, 1.165) is 0 Å². The SMILES string of the molecule is CC(=O)O[C@H]1[C@@H](OC(C)N)O[C@H](COC(=O)c2ccccc2)[C@H]1OC(=O)c1ccccc1. The van der Waals surface area contributed by atoms with E-state index in [-0.39, 0.29) is 6.61 Å². The van der Waals surface area contributed by atoms with Gasteiger partial charge in [0.2, 0.25) is 6.29 Å². The van der Waals surface area contributed by atoms with Crippen LogP contribution in [0.3, 0.4) is 0 Å².